The van der Waals surface area contributed by atoms with Gasteiger partial charge in [-0.15, -0.1) is 0 Å². The monoisotopic (exact) mass is 232 g/mol. The number of benzene rings is 1. The lowest BCUT2D eigenvalue weighted by molar-refractivity contribution is 0.594. The summed E-state index contributed by atoms with van der Waals surface area (Å²) in [6.45, 7) is -0.444. The maximum Gasteiger partial charge on any atom is 0.457 e. The Labute approximate surface area is 88.2 Å². The maximum absolute atomic E-state index is 6.18. The van der Waals surface area contributed by atoms with Crippen LogP contribution in [0.1, 0.15) is 24.4 Å². The molecule has 0 saturated heterocycles. The molecule has 4 heteroatoms. The topological polar surface area (TPSA) is 9.23 Å². The highest BCUT2D eigenvalue weighted by atomic mass is 35.7. The van der Waals surface area contributed by atoms with Crippen molar-refractivity contribution in [3.8, 4) is 5.75 Å². The van der Waals surface area contributed by atoms with E-state index in [-0.39, 0.29) is 5.54 Å². The lowest BCUT2D eigenvalue weighted by atomic mass is 10.1. The number of fused-ring (bicyclic) bond motifs is 1. The van der Waals surface area contributed by atoms with Crippen LogP contribution in [0.2, 0.25) is 0 Å². The molecule has 0 aromatic heterocycles. The molecule has 0 spiro atoms. The van der Waals surface area contributed by atoms with E-state index in [0.717, 1.165) is 12.2 Å². The van der Waals surface area contributed by atoms with Gasteiger partial charge in [-0.1, -0.05) is 47.3 Å². The maximum atomic E-state index is 6.18. The van der Waals surface area contributed by atoms with Gasteiger partial charge in [0, 0.05) is 5.54 Å². The number of para-hydroxylation sites is 1. The van der Waals surface area contributed by atoms with Crippen molar-refractivity contribution in [2.24, 2.45) is 0 Å². The zero-order chi connectivity index (χ0) is 9.47. The van der Waals surface area contributed by atoms with Gasteiger partial charge in [0.25, 0.3) is 0 Å². The summed E-state index contributed by atoms with van der Waals surface area (Å²) < 4.78 is 5.57. The van der Waals surface area contributed by atoms with E-state index >= 15 is 0 Å². The van der Waals surface area contributed by atoms with E-state index in [1.807, 2.05) is 24.3 Å². The quantitative estimate of drug-likeness (QED) is 0.532. The van der Waals surface area contributed by atoms with Crippen molar-refractivity contribution in [3.63, 3.8) is 0 Å². The van der Waals surface area contributed by atoms with Gasteiger partial charge in [-0.25, -0.2) is 0 Å². The van der Waals surface area contributed by atoms with Crippen molar-refractivity contribution in [1.82, 2.24) is 0 Å². The van der Waals surface area contributed by atoms with E-state index < -0.39 is 6.94 Å². The average Bonchev–Trinajstić information content (AvgIpc) is 2.33. The zero-order valence-electron chi connectivity index (χ0n) is 7.26. The van der Waals surface area contributed by atoms with Gasteiger partial charge >= 0.3 is 6.94 Å². The van der Waals surface area contributed by atoms with E-state index in [2.05, 4.69) is 6.92 Å². The Kier molecular flexibility index (Phi) is 2.30. The van der Waals surface area contributed by atoms with Crippen molar-refractivity contribution in [2.45, 2.75) is 18.9 Å². The minimum atomic E-state index is -2.53. The molecule has 1 unspecified atom stereocenters. The molecule has 0 aliphatic carbocycles. The summed E-state index contributed by atoms with van der Waals surface area (Å²) in [5, 5.41) is 0. The zero-order valence-corrected chi connectivity index (χ0v) is 9.77. The minimum absolute atomic E-state index is 0.215. The van der Waals surface area contributed by atoms with Crippen molar-refractivity contribution in [1.29, 1.82) is 0 Å². The van der Waals surface area contributed by atoms with Gasteiger partial charge in [-0.3, -0.25) is 0 Å². The van der Waals surface area contributed by atoms with Crippen molar-refractivity contribution < 1.29 is 4.43 Å². The second-order valence-electron chi connectivity index (χ2n) is 3.16. The largest absolute Gasteiger partial charge is 0.518 e. The Morgan fingerprint density at radius 2 is 2.08 bits per heavy atom. The Hall–Kier alpha value is -0.183. The number of rotatable bonds is 1. The van der Waals surface area contributed by atoms with Gasteiger partial charge in [0.1, 0.15) is 5.75 Å². The normalized spacial score (nSPS) is 23.8. The summed E-state index contributed by atoms with van der Waals surface area (Å²) in [5.74, 6) is 0.867. The molecule has 0 amide bonds. The second-order valence-corrected chi connectivity index (χ2v) is 9.14. The summed E-state index contributed by atoms with van der Waals surface area (Å²) in [5.41, 5.74) is 1.38. The Morgan fingerprint density at radius 1 is 1.38 bits per heavy atom. The van der Waals surface area contributed by atoms with Gasteiger partial charge in [0.2, 0.25) is 0 Å². The van der Waals surface area contributed by atoms with Gasteiger partial charge in [0.15, 0.2) is 0 Å². The molecule has 0 radical (unpaired) electrons. The van der Waals surface area contributed by atoms with Gasteiger partial charge in [-0.05, 0) is 18.1 Å². The molecule has 1 nitrogen and oxygen atoms in total. The molecule has 0 saturated carbocycles. The molecule has 2 rings (SSSR count). The highest BCUT2D eigenvalue weighted by Gasteiger charge is 2.49. The molecular weight excluding hydrogens is 223 g/mol. The highest BCUT2D eigenvalue weighted by Crippen LogP contribution is 2.47. The molecule has 1 aliphatic rings. The standard InChI is InChI=1S/C9H10Cl2OSi/c1-2-9-7-5-3-4-6-8(7)12-13(9,10)11/h3-6,9H,2H2,1H3. The van der Waals surface area contributed by atoms with E-state index in [0.29, 0.717) is 0 Å². The first kappa shape index (κ1) is 9.37. The second kappa shape index (κ2) is 3.19. The Bertz CT molecular complexity index is 327. The first-order valence-corrected chi connectivity index (χ1v) is 8.32. The fraction of sp³-hybridized carbons (Fsp3) is 0.333. The molecule has 1 aliphatic heterocycles. The molecule has 0 bridgehead atoms. The highest BCUT2D eigenvalue weighted by molar-refractivity contribution is 7.43. The fourth-order valence-corrected chi connectivity index (χ4v) is 5.54. The third-order valence-corrected chi connectivity index (χ3v) is 6.42. The summed E-state index contributed by atoms with van der Waals surface area (Å²) in [4.78, 5) is 0. The van der Waals surface area contributed by atoms with Gasteiger partial charge in [0.05, 0.1) is 0 Å². The van der Waals surface area contributed by atoms with Gasteiger partial charge in [-0.2, -0.15) is 0 Å². The van der Waals surface area contributed by atoms with Crippen LogP contribution in [0.15, 0.2) is 24.3 Å². The predicted molar refractivity (Wildman–Crippen MR) is 57.6 cm³/mol. The van der Waals surface area contributed by atoms with Crippen LogP contribution >= 0.6 is 22.2 Å². The predicted octanol–water partition coefficient (Wildman–Crippen LogP) is 3.53. The van der Waals surface area contributed by atoms with Crippen LogP contribution < -0.4 is 4.43 Å². The van der Waals surface area contributed by atoms with Crippen LogP contribution in [0.5, 0.6) is 5.75 Å². The molecule has 1 aromatic rings. The Balaban J connectivity index is 2.46. The van der Waals surface area contributed by atoms with E-state index in [4.69, 9.17) is 26.6 Å². The molecule has 13 heavy (non-hydrogen) atoms. The lowest BCUT2D eigenvalue weighted by Crippen LogP contribution is -2.30. The van der Waals surface area contributed by atoms with Crippen LogP contribution in [0.3, 0.4) is 0 Å². The Morgan fingerprint density at radius 3 is 2.77 bits per heavy atom. The van der Waals surface area contributed by atoms with Crippen LogP contribution in [-0.4, -0.2) is 6.94 Å². The average molecular weight is 233 g/mol. The molecule has 1 aromatic carbocycles. The molecule has 70 valence electrons. The first-order chi connectivity index (χ1) is 6.15. The fourth-order valence-electron chi connectivity index (χ4n) is 1.72. The van der Waals surface area contributed by atoms with Crippen molar-refractivity contribution >= 4 is 29.1 Å². The van der Waals surface area contributed by atoms with Crippen molar-refractivity contribution in [2.75, 3.05) is 0 Å². The van der Waals surface area contributed by atoms with Gasteiger partial charge < -0.3 is 4.43 Å². The third-order valence-electron chi connectivity index (χ3n) is 2.35. The molecule has 1 heterocycles. The van der Waals surface area contributed by atoms with E-state index in [1.54, 1.807) is 0 Å². The number of hydrogen-bond acceptors (Lipinski definition) is 1. The molecular formula is C9H10Cl2OSi. The van der Waals surface area contributed by atoms with Crippen LogP contribution in [0.4, 0.5) is 0 Å². The smallest absolute Gasteiger partial charge is 0.457 e. The third kappa shape index (κ3) is 1.47. The summed E-state index contributed by atoms with van der Waals surface area (Å²) in [6, 6.07) is 7.91. The molecule has 0 N–H and O–H groups in total. The minimum Gasteiger partial charge on any atom is -0.518 e. The lowest BCUT2D eigenvalue weighted by Gasteiger charge is -2.15. The number of hydrogen-bond donors (Lipinski definition) is 0. The molecule has 0 fully saturated rings. The summed E-state index contributed by atoms with van der Waals surface area (Å²) in [6.07, 6.45) is 0.941. The first-order valence-electron chi connectivity index (χ1n) is 4.31. The van der Waals surface area contributed by atoms with Crippen LogP contribution in [-0.2, 0) is 0 Å². The van der Waals surface area contributed by atoms with E-state index in [9.17, 15) is 0 Å². The van der Waals surface area contributed by atoms with Crippen LogP contribution in [0, 0.1) is 0 Å². The van der Waals surface area contributed by atoms with E-state index in [1.165, 1.54) is 5.56 Å². The van der Waals surface area contributed by atoms with Crippen molar-refractivity contribution in [3.05, 3.63) is 29.8 Å². The summed E-state index contributed by atoms with van der Waals surface area (Å²) in [7, 11) is 0. The SMILES string of the molecule is CCC1c2ccccc2O[Si]1(Cl)Cl. The molecule has 1 atom stereocenters. The number of halogens is 2. The summed E-state index contributed by atoms with van der Waals surface area (Å²) >= 11 is 12.4. The van der Waals surface area contributed by atoms with Crippen LogP contribution in [0.25, 0.3) is 0 Å².